The van der Waals surface area contributed by atoms with Gasteiger partial charge in [-0.3, -0.25) is 5.10 Å². The van der Waals surface area contributed by atoms with Gasteiger partial charge >= 0.3 is 0 Å². The summed E-state index contributed by atoms with van der Waals surface area (Å²) < 4.78 is 5.89. The molecule has 2 heterocycles. The first kappa shape index (κ1) is 20.5. The third-order valence-corrected chi connectivity index (χ3v) is 5.23. The lowest BCUT2D eigenvalue weighted by Gasteiger charge is -2.18. The van der Waals surface area contributed by atoms with Crippen molar-refractivity contribution in [3.8, 4) is 22.8 Å². The summed E-state index contributed by atoms with van der Waals surface area (Å²) in [7, 11) is 1.97. The second-order valence-electron chi connectivity index (χ2n) is 7.40. The van der Waals surface area contributed by atoms with E-state index < -0.39 is 0 Å². The van der Waals surface area contributed by atoms with Crippen molar-refractivity contribution >= 4 is 5.71 Å². The minimum atomic E-state index is 0.222. The second kappa shape index (κ2) is 9.36. The summed E-state index contributed by atoms with van der Waals surface area (Å²) in [6, 6.07) is 20.3. The van der Waals surface area contributed by atoms with E-state index in [0.717, 1.165) is 29.0 Å². The maximum absolute atomic E-state index is 7.77. The van der Waals surface area contributed by atoms with Gasteiger partial charge in [-0.25, -0.2) is 4.98 Å². The van der Waals surface area contributed by atoms with Crippen LogP contribution < -0.4 is 10.1 Å². The summed E-state index contributed by atoms with van der Waals surface area (Å²) in [6.07, 6.45) is 5.38. The molecule has 2 aromatic carbocycles. The van der Waals surface area contributed by atoms with Crippen molar-refractivity contribution in [2.45, 2.75) is 12.8 Å². The Balaban J connectivity index is 1.52. The summed E-state index contributed by atoms with van der Waals surface area (Å²) in [5, 5.41) is 17.9. The van der Waals surface area contributed by atoms with Crippen LogP contribution in [0.3, 0.4) is 0 Å². The van der Waals surface area contributed by atoms with Crippen molar-refractivity contribution in [3.05, 3.63) is 95.9 Å². The first-order chi connectivity index (χ1) is 15.1. The van der Waals surface area contributed by atoms with Crippen LogP contribution in [0.5, 0.6) is 11.6 Å². The fourth-order valence-corrected chi connectivity index (χ4v) is 3.54. The highest BCUT2D eigenvalue weighted by Gasteiger charge is 2.14. The Morgan fingerprint density at radius 1 is 1.03 bits per heavy atom. The van der Waals surface area contributed by atoms with Crippen molar-refractivity contribution < 1.29 is 4.74 Å². The predicted molar refractivity (Wildman–Crippen MR) is 123 cm³/mol. The molecule has 0 spiro atoms. The van der Waals surface area contributed by atoms with Gasteiger partial charge in [0.25, 0.3) is 0 Å². The summed E-state index contributed by atoms with van der Waals surface area (Å²) in [5.41, 5.74) is 5.94. The molecule has 6 heteroatoms. The number of likely N-dealkylation sites (N-methyl/N-ethyl adjacent to an activating group) is 1. The van der Waals surface area contributed by atoms with E-state index in [1.165, 1.54) is 11.1 Å². The summed E-state index contributed by atoms with van der Waals surface area (Å²) >= 11 is 0. The number of pyridine rings is 1. The molecule has 0 aliphatic carbocycles. The van der Waals surface area contributed by atoms with E-state index in [9.17, 15) is 0 Å². The van der Waals surface area contributed by atoms with Gasteiger partial charge in [-0.2, -0.15) is 5.10 Å². The molecule has 0 bridgehead atoms. The SMILES string of the molecule is CNCC(c1ccc(Oc2cc(C(C)=N)ccn2)cc1)c1ccc(-c2cn[nH]c2)cc1. The highest BCUT2D eigenvalue weighted by molar-refractivity contribution is 5.96. The number of H-pyrrole nitrogens is 1. The van der Waals surface area contributed by atoms with Gasteiger partial charge in [0.2, 0.25) is 5.88 Å². The molecule has 0 amide bonds. The molecule has 6 nitrogen and oxygen atoms in total. The lowest BCUT2D eigenvalue weighted by Crippen LogP contribution is -2.18. The Morgan fingerprint density at radius 2 is 1.74 bits per heavy atom. The van der Waals surface area contributed by atoms with Gasteiger partial charge in [0.05, 0.1) is 6.20 Å². The van der Waals surface area contributed by atoms with Crippen molar-refractivity contribution in [1.82, 2.24) is 20.5 Å². The standard InChI is InChI=1S/C25H25N5O/c1-17(26)21-11-12-28-25(13-21)31-23-9-7-20(8-10-23)24(16-27-2)19-5-3-18(4-6-19)22-14-29-30-15-22/h3-15,24,26-27H,16H2,1-2H3,(H,29,30). The molecule has 31 heavy (non-hydrogen) atoms. The van der Waals surface area contributed by atoms with Crippen molar-refractivity contribution in [2.75, 3.05) is 13.6 Å². The normalized spacial score (nSPS) is 11.8. The minimum absolute atomic E-state index is 0.222. The van der Waals surface area contributed by atoms with Gasteiger partial charge in [0, 0.05) is 47.8 Å². The van der Waals surface area contributed by atoms with Crippen LogP contribution in [-0.4, -0.2) is 34.5 Å². The largest absolute Gasteiger partial charge is 0.439 e. The van der Waals surface area contributed by atoms with E-state index in [-0.39, 0.29) is 5.92 Å². The number of aromatic amines is 1. The van der Waals surface area contributed by atoms with E-state index in [2.05, 4.69) is 56.9 Å². The third kappa shape index (κ3) is 4.87. The smallest absolute Gasteiger partial charge is 0.219 e. The molecule has 0 saturated carbocycles. The van der Waals surface area contributed by atoms with Gasteiger partial charge in [0.1, 0.15) is 5.75 Å². The minimum Gasteiger partial charge on any atom is -0.439 e. The molecule has 156 valence electrons. The average Bonchev–Trinajstić information content (AvgIpc) is 3.34. The summed E-state index contributed by atoms with van der Waals surface area (Å²) in [6.45, 7) is 2.57. The fourth-order valence-electron chi connectivity index (χ4n) is 3.54. The molecule has 4 aromatic rings. The van der Waals surface area contributed by atoms with Gasteiger partial charge in [-0.1, -0.05) is 36.4 Å². The molecule has 0 fully saturated rings. The fraction of sp³-hybridized carbons (Fsp3) is 0.160. The zero-order valence-electron chi connectivity index (χ0n) is 17.6. The van der Waals surface area contributed by atoms with Crippen LogP contribution in [0.15, 0.2) is 79.3 Å². The highest BCUT2D eigenvalue weighted by Crippen LogP contribution is 2.29. The number of nitrogens with one attached hydrogen (secondary N) is 3. The predicted octanol–water partition coefficient (Wildman–Crippen LogP) is 5.00. The molecule has 0 aliphatic rings. The van der Waals surface area contributed by atoms with Crippen LogP contribution in [0.4, 0.5) is 0 Å². The number of nitrogens with zero attached hydrogens (tertiary/aromatic N) is 2. The van der Waals surface area contributed by atoms with E-state index in [4.69, 9.17) is 10.1 Å². The summed E-state index contributed by atoms with van der Waals surface area (Å²) in [5.74, 6) is 1.42. The molecular formula is C25H25N5O. The van der Waals surface area contributed by atoms with E-state index in [1.54, 1.807) is 25.3 Å². The Labute approximate surface area is 181 Å². The molecule has 0 aliphatic heterocycles. The number of aromatic nitrogens is 3. The molecule has 3 N–H and O–H groups in total. The monoisotopic (exact) mass is 411 g/mol. The highest BCUT2D eigenvalue weighted by atomic mass is 16.5. The summed E-state index contributed by atoms with van der Waals surface area (Å²) in [4.78, 5) is 4.25. The van der Waals surface area contributed by atoms with Crippen LogP contribution in [0, 0.1) is 5.41 Å². The first-order valence-electron chi connectivity index (χ1n) is 10.2. The third-order valence-electron chi connectivity index (χ3n) is 5.23. The average molecular weight is 412 g/mol. The van der Waals surface area contributed by atoms with E-state index in [0.29, 0.717) is 11.6 Å². The molecule has 1 unspecified atom stereocenters. The molecule has 0 radical (unpaired) electrons. The number of rotatable bonds is 8. The maximum atomic E-state index is 7.77. The Kier molecular flexibility index (Phi) is 6.19. The quantitative estimate of drug-likeness (QED) is 0.356. The number of hydrogen-bond acceptors (Lipinski definition) is 5. The van der Waals surface area contributed by atoms with Crippen molar-refractivity contribution in [3.63, 3.8) is 0 Å². The molecule has 4 rings (SSSR count). The zero-order chi connectivity index (χ0) is 21.6. The second-order valence-corrected chi connectivity index (χ2v) is 7.40. The number of hydrogen-bond donors (Lipinski definition) is 3. The topological polar surface area (TPSA) is 86.7 Å². The van der Waals surface area contributed by atoms with Crippen LogP contribution in [0.2, 0.25) is 0 Å². The molecular weight excluding hydrogens is 386 g/mol. The lowest BCUT2D eigenvalue weighted by molar-refractivity contribution is 0.462. The first-order valence-corrected chi connectivity index (χ1v) is 10.2. The van der Waals surface area contributed by atoms with Gasteiger partial charge in [0.15, 0.2) is 0 Å². The van der Waals surface area contributed by atoms with Crippen molar-refractivity contribution in [1.29, 1.82) is 5.41 Å². The van der Waals surface area contributed by atoms with Crippen LogP contribution in [0.1, 0.15) is 29.5 Å². The maximum Gasteiger partial charge on any atom is 0.219 e. The number of benzene rings is 2. The number of ether oxygens (including phenoxy) is 1. The van der Waals surface area contributed by atoms with Gasteiger partial charge in [-0.15, -0.1) is 0 Å². The van der Waals surface area contributed by atoms with Crippen LogP contribution >= 0.6 is 0 Å². The molecule has 0 saturated heterocycles. The van der Waals surface area contributed by atoms with Crippen LogP contribution in [-0.2, 0) is 0 Å². The Bertz CT molecular complexity index is 1140. The van der Waals surface area contributed by atoms with E-state index in [1.807, 2.05) is 31.6 Å². The zero-order valence-corrected chi connectivity index (χ0v) is 17.6. The molecule has 2 aromatic heterocycles. The van der Waals surface area contributed by atoms with Gasteiger partial charge in [-0.05, 0) is 48.9 Å². The Hall–Kier alpha value is -3.77. The van der Waals surface area contributed by atoms with Gasteiger partial charge < -0.3 is 15.5 Å². The van der Waals surface area contributed by atoms with Crippen LogP contribution in [0.25, 0.3) is 11.1 Å². The Morgan fingerprint density at radius 3 is 2.35 bits per heavy atom. The lowest BCUT2D eigenvalue weighted by atomic mass is 9.90. The van der Waals surface area contributed by atoms with Crippen molar-refractivity contribution in [2.24, 2.45) is 0 Å². The molecule has 1 atom stereocenters. The van der Waals surface area contributed by atoms with E-state index >= 15 is 0 Å².